The molecule has 0 fully saturated rings. The highest BCUT2D eigenvalue weighted by molar-refractivity contribution is 6.08. The molecule has 0 unspecified atom stereocenters. The summed E-state index contributed by atoms with van der Waals surface area (Å²) in [6, 6.07) is 20.8. The van der Waals surface area contributed by atoms with Gasteiger partial charge in [0.25, 0.3) is 11.8 Å². The molecule has 2 N–H and O–H groups in total. The van der Waals surface area contributed by atoms with Crippen LogP contribution in [-0.4, -0.2) is 68.5 Å². The average molecular weight is 756 g/mol. The number of fused-ring (bicyclic) bond motifs is 2. The zero-order valence-electron chi connectivity index (χ0n) is 30.4. The Morgan fingerprint density at radius 1 is 0.929 bits per heavy atom. The fourth-order valence-electron chi connectivity index (χ4n) is 6.87. The minimum absolute atomic E-state index is 0.0321. The zero-order valence-corrected chi connectivity index (χ0v) is 30.4. The summed E-state index contributed by atoms with van der Waals surface area (Å²) in [4.78, 5) is 46.6. The summed E-state index contributed by atoms with van der Waals surface area (Å²) >= 11 is 0. The van der Waals surface area contributed by atoms with E-state index in [9.17, 15) is 23.2 Å². The number of carbonyl (C=O) groups is 3. The van der Waals surface area contributed by atoms with E-state index in [-0.39, 0.29) is 30.2 Å². The summed E-state index contributed by atoms with van der Waals surface area (Å²) in [5.74, 6) is -2.65. The third kappa shape index (κ3) is 7.23. The van der Waals surface area contributed by atoms with Gasteiger partial charge in [-0.15, -0.1) is 5.10 Å². The molecule has 1 aliphatic rings. The minimum atomic E-state index is -0.644. The Morgan fingerprint density at radius 2 is 1.70 bits per heavy atom. The lowest BCUT2D eigenvalue weighted by atomic mass is 10.1. The van der Waals surface area contributed by atoms with Gasteiger partial charge >= 0.3 is 0 Å². The molecule has 1 aliphatic heterocycles. The normalized spacial score (nSPS) is 12.1. The van der Waals surface area contributed by atoms with Crippen molar-refractivity contribution >= 4 is 34.7 Å². The minimum Gasteiger partial charge on any atom is -0.325 e. The molecule has 0 saturated carbocycles. The number of hydrogen-bond donors (Lipinski definition) is 2. The van der Waals surface area contributed by atoms with Crippen LogP contribution in [0.1, 0.15) is 55.5 Å². The Bertz CT molecular complexity index is 2630. The van der Waals surface area contributed by atoms with Crippen molar-refractivity contribution in [3.63, 3.8) is 0 Å². The molecule has 282 valence electrons. The van der Waals surface area contributed by atoms with Gasteiger partial charge in [-0.25, -0.2) is 23.0 Å². The van der Waals surface area contributed by atoms with Gasteiger partial charge in [-0.2, -0.15) is 10.2 Å². The highest BCUT2D eigenvalue weighted by Gasteiger charge is 2.31. The maximum absolute atomic E-state index is 14.9. The second-order valence-electron chi connectivity index (χ2n) is 13.5. The number of nitrogens with zero attached hydrogens (tertiary/aromatic N) is 9. The molecule has 3 aromatic carbocycles. The van der Waals surface area contributed by atoms with Gasteiger partial charge in [0.1, 0.15) is 29.4 Å². The Morgan fingerprint density at radius 3 is 2.48 bits per heavy atom. The van der Waals surface area contributed by atoms with Gasteiger partial charge in [0.2, 0.25) is 5.91 Å². The first-order valence-corrected chi connectivity index (χ1v) is 17.9. The van der Waals surface area contributed by atoms with E-state index in [1.165, 1.54) is 35.4 Å². The summed E-state index contributed by atoms with van der Waals surface area (Å²) in [6.45, 7) is 3.78. The molecule has 5 heterocycles. The monoisotopic (exact) mass is 755 g/mol. The third-order valence-corrected chi connectivity index (χ3v) is 9.53. The molecule has 56 heavy (non-hydrogen) atoms. The maximum atomic E-state index is 14.9. The summed E-state index contributed by atoms with van der Waals surface area (Å²) in [7, 11) is 0. The number of nitrogens with one attached hydrogen (secondary N) is 2. The first-order chi connectivity index (χ1) is 27.1. The third-order valence-electron chi connectivity index (χ3n) is 9.53. The van der Waals surface area contributed by atoms with E-state index in [0.29, 0.717) is 52.5 Å². The summed E-state index contributed by atoms with van der Waals surface area (Å²) in [5.41, 5.74) is 5.95. The van der Waals surface area contributed by atoms with Crippen molar-refractivity contribution in [3.05, 3.63) is 142 Å². The van der Waals surface area contributed by atoms with Gasteiger partial charge in [0.05, 0.1) is 41.6 Å². The molecular formula is C40H35F2N11O3. The van der Waals surface area contributed by atoms with E-state index in [1.54, 1.807) is 68.6 Å². The van der Waals surface area contributed by atoms with Gasteiger partial charge in [-0.1, -0.05) is 47.7 Å². The second kappa shape index (κ2) is 15.0. The van der Waals surface area contributed by atoms with E-state index in [0.717, 1.165) is 23.4 Å². The highest BCUT2D eigenvalue weighted by atomic mass is 19.1. The first kappa shape index (κ1) is 35.9. The molecule has 3 amide bonds. The molecule has 0 atom stereocenters. The van der Waals surface area contributed by atoms with Gasteiger partial charge < -0.3 is 15.5 Å². The molecule has 14 nitrogen and oxygen atoms in total. The molecule has 7 aromatic rings. The number of amides is 3. The van der Waals surface area contributed by atoms with Crippen molar-refractivity contribution in [2.75, 3.05) is 17.2 Å². The molecule has 8 rings (SSSR count). The van der Waals surface area contributed by atoms with Gasteiger partial charge in [-0.05, 0) is 63.1 Å². The lowest BCUT2D eigenvalue weighted by molar-refractivity contribution is -0.117. The number of hydrogen-bond acceptors (Lipinski definition) is 8. The van der Waals surface area contributed by atoms with Crippen molar-refractivity contribution in [2.24, 2.45) is 0 Å². The van der Waals surface area contributed by atoms with Crippen LogP contribution in [0.2, 0.25) is 0 Å². The second-order valence-corrected chi connectivity index (χ2v) is 13.5. The molecule has 0 radical (unpaired) electrons. The van der Waals surface area contributed by atoms with E-state index >= 15 is 0 Å². The van der Waals surface area contributed by atoms with Crippen LogP contribution in [-0.2, 0) is 30.8 Å². The van der Waals surface area contributed by atoms with Crippen molar-refractivity contribution in [2.45, 2.75) is 46.3 Å². The number of aryl methyl sites for hydroxylation is 3. The van der Waals surface area contributed by atoms with Crippen molar-refractivity contribution < 1.29 is 23.2 Å². The Hall–Kier alpha value is -7.10. The SMILES string of the molecule is Cc1cc(C)n2ncc(C(=O)Nc3ccc(-c4cn(Cc5nn6c(c5C(=O)N(CC(=O)Nc5ccccc5F)Cc5ccccc5F)CCC6)nn4)cc3)c2n1. The lowest BCUT2D eigenvalue weighted by Crippen LogP contribution is -2.38. The van der Waals surface area contributed by atoms with E-state index in [4.69, 9.17) is 5.10 Å². The van der Waals surface area contributed by atoms with Crippen LogP contribution in [0.3, 0.4) is 0 Å². The number of carbonyl (C=O) groups excluding carboxylic acids is 3. The smallest absolute Gasteiger partial charge is 0.261 e. The Labute approximate surface area is 318 Å². The van der Waals surface area contributed by atoms with Crippen LogP contribution in [0.4, 0.5) is 20.2 Å². The quantitative estimate of drug-likeness (QED) is 0.173. The van der Waals surface area contributed by atoms with Crippen molar-refractivity contribution in [1.82, 2.24) is 44.3 Å². The van der Waals surface area contributed by atoms with E-state index in [1.807, 2.05) is 19.9 Å². The Balaban J connectivity index is 1.01. The topological polar surface area (TPSA) is 157 Å². The fourth-order valence-corrected chi connectivity index (χ4v) is 6.87. The molecular weight excluding hydrogens is 721 g/mol. The summed E-state index contributed by atoms with van der Waals surface area (Å²) < 4.78 is 34.2. The predicted octanol–water partition coefficient (Wildman–Crippen LogP) is 5.61. The summed E-state index contributed by atoms with van der Waals surface area (Å²) in [6.07, 6.45) is 4.59. The van der Waals surface area contributed by atoms with Crippen molar-refractivity contribution in [1.29, 1.82) is 0 Å². The van der Waals surface area contributed by atoms with Crippen LogP contribution < -0.4 is 10.6 Å². The number of rotatable bonds is 11. The van der Waals surface area contributed by atoms with Crippen molar-refractivity contribution in [3.8, 4) is 11.3 Å². The van der Waals surface area contributed by atoms with Crippen LogP contribution in [0.25, 0.3) is 16.9 Å². The average Bonchev–Trinajstić information content (AvgIpc) is 3.98. The predicted molar refractivity (Wildman–Crippen MR) is 202 cm³/mol. The molecule has 0 saturated heterocycles. The molecule has 4 aromatic heterocycles. The van der Waals surface area contributed by atoms with Crippen LogP contribution in [0.15, 0.2) is 91.3 Å². The molecule has 0 spiro atoms. The van der Waals surface area contributed by atoms with Crippen LogP contribution >= 0.6 is 0 Å². The fraction of sp³-hybridized carbons (Fsp3) is 0.200. The summed E-state index contributed by atoms with van der Waals surface area (Å²) in [5, 5.41) is 23.1. The number of anilines is 2. The zero-order chi connectivity index (χ0) is 38.9. The molecule has 16 heteroatoms. The van der Waals surface area contributed by atoms with E-state index < -0.39 is 30.0 Å². The number of para-hydroxylation sites is 1. The molecule has 0 bridgehead atoms. The van der Waals surface area contributed by atoms with Gasteiger partial charge in [0.15, 0.2) is 5.65 Å². The number of benzene rings is 3. The number of aromatic nitrogens is 8. The standard InChI is InChI=1S/C40H35F2N11O3/c1-24-18-25(2)53-38(44-24)29(19-43-53)39(55)45-28-15-13-26(14-16-28)33-21-51(49-47-33)22-34-37(35-12-7-17-52(35)48-34)40(56)50(20-27-8-3-4-9-30(27)41)23-36(54)46-32-11-6-5-10-31(32)42/h3-6,8-11,13-16,18-19,21H,7,12,17,20,22-23H2,1-2H3,(H,45,55)(H,46,54). The Kier molecular flexibility index (Phi) is 9.60. The largest absolute Gasteiger partial charge is 0.325 e. The highest BCUT2D eigenvalue weighted by Crippen LogP contribution is 2.27. The maximum Gasteiger partial charge on any atom is 0.261 e. The van der Waals surface area contributed by atoms with E-state index in [2.05, 4.69) is 31.0 Å². The van der Waals surface area contributed by atoms with Crippen LogP contribution in [0.5, 0.6) is 0 Å². The first-order valence-electron chi connectivity index (χ1n) is 17.9. The van der Waals surface area contributed by atoms with Gasteiger partial charge in [0, 0.05) is 41.3 Å². The molecule has 0 aliphatic carbocycles. The number of halogens is 2. The van der Waals surface area contributed by atoms with Crippen LogP contribution in [0, 0.1) is 25.5 Å². The van der Waals surface area contributed by atoms with Gasteiger partial charge in [-0.3, -0.25) is 19.1 Å². The lowest BCUT2D eigenvalue weighted by Gasteiger charge is -2.23.